The van der Waals surface area contributed by atoms with Crippen LogP contribution in [0, 0.1) is 24.5 Å². The number of aromatic amines is 1. The van der Waals surface area contributed by atoms with Crippen molar-refractivity contribution in [2.24, 2.45) is 5.92 Å². The largest absolute Gasteiger partial charge is 0.493 e. The van der Waals surface area contributed by atoms with Crippen molar-refractivity contribution < 1.29 is 23.0 Å². The lowest BCUT2D eigenvalue weighted by molar-refractivity contribution is 0.0943. The van der Waals surface area contributed by atoms with Gasteiger partial charge in [-0.05, 0) is 86.4 Å². The zero-order chi connectivity index (χ0) is 26.8. The van der Waals surface area contributed by atoms with Crippen molar-refractivity contribution in [3.63, 3.8) is 0 Å². The molecule has 38 heavy (non-hydrogen) atoms. The van der Waals surface area contributed by atoms with Crippen molar-refractivity contribution >= 4 is 16.8 Å². The van der Waals surface area contributed by atoms with Gasteiger partial charge in [-0.3, -0.25) is 9.78 Å². The third-order valence-electron chi connectivity index (χ3n) is 7.49. The van der Waals surface area contributed by atoms with E-state index in [1.54, 1.807) is 24.4 Å². The zero-order valence-electron chi connectivity index (χ0n) is 21.7. The van der Waals surface area contributed by atoms with E-state index in [0.29, 0.717) is 41.0 Å². The number of rotatable bonds is 7. The van der Waals surface area contributed by atoms with Gasteiger partial charge >= 0.3 is 0 Å². The summed E-state index contributed by atoms with van der Waals surface area (Å²) in [5, 5.41) is 3.96. The standard InChI is InChI=1S/C30H31F2N3O3/c1-17-12-25(28(35-17)24-14-21(32)15-27(37-2)29(24)38-3)30(36)34-16-18-4-6-19(7-5-18)22-10-11-33-26-9-8-20(31)13-23(22)26/h8-15,18-19,35H,4-7,16H2,1-3H3,(H,34,36). The molecular formula is C30H31F2N3O3. The summed E-state index contributed by atoms with van der Waals surface area (Å²) in [4.78, 5) is 20.8. The Hall–Kier alpha value is -3.94. The fraction of sp³-hybridized carbons (Fsp3) is 0.333. The fourth-order valence-electron chi connectivity index (χ4n) is 5.60. The number of fused-ring (bicyclic) bond motifs is 1. The number of carbonyl (C=O) groups is 1. The van der Waals surface area contributed by atoms with Crippen molar-refractivity contribution in [3.8, 4) is 22.8 Å². The number of ether oxygens (including phenoxy) is 2. The maximum Gasteiger partial charge on any atom is 0.253 e. The second-order valence-electron chi connectivity index (χ2n) is 9.92. The lowest BCUT2D eigenvalue weighted by Gasteiger charge is -2.29. The molecule has 1 amide bonds. The summed E-state index contributed by atoms with van der Waals surface area (Å²) in [6, 6.07) is 11.1. The third kappa shape index (κ3) is 5.08. The van der Waals surface area contributed by atoms with Crippen LogP contribution in [0.1, 0.15) is 53.2 Å². The highest BCUT2D eigenvalue weighted by Gasteiger charge is 2.26. The minimum absolute atomic E-state index is 0.229. The van der Waals surface area contributed by atoms with Crippen LogP contribution in [0.3, 0.4) is 0 Å². The van der Waals surface area contributed by atoms with Gasteiger partial charge in [-0.1, -0.05) is 0 Å². The zero-order valence-corrected chi connectivity index (χ0v) is 21.7. The van der Waals surface area contributed by atoms with Crippen LogP contribution in [0.2, 0.25) is 0 Å². The number of halogens is 2. The van der Waals surface area contributed by atoms with Gasteiger partial charge in [0.15, 0.2) is 11.5 Å². The van der Waals surface area contributed by atoms with E-state index in [4.69, 9.17) is 9.47 Å². The molecule has 2 heterocycles. The number of carbonyl (C=O) groups excluding carboxylic acids is 1. The minimum Gasteiger partial charge on any atom is -0.493 e. The van der Waals surface area contributed by atoms with Crippen molar-refractivity contribution in [1.29, 1.82) is 0 Å². The smallest absolute Gasteiger partial charge is 0.253 e. The molecule has 0 bridgehead atoms. The Bertz CT molecular complexity index is 1480. The molecule has 0 radical (unpaired) electrons. The molecule has 1 aliphatic rings. The quantitative estimate of drug-likeness (QED) is 0.291. The molecule has 1 fully saturated rings. The van der Waals surface area contributed by atoms with Crippen molar-refractivity contribution in [1.82, 2.24) is 15.3 Å². The fourth-order valence-corrected chi connectivity index (χ4v) is 5.60. The Morgan fingerprint density at radius 1 is 1.03 bits per heavy atom. The summed E-state index contributed by atoms with van der Waals surface area (Å²) in [7, 11) is 2.93. The number of pyridine rings is 1. The summed E-state index contributed by atoms with van der Waals surface area (Å²) in [5.41, 5.74) is 4.05. The number of aryl methyl sites for hydroxylation is 1. The number of nitrogens with one attached hydrogen (secondary N) is 2. The number of hydrogen-bond donors (Lipinski definition) is 2. The van der Waals surface area contributed by atoms with E-state index in [2.05, 4.69) is 15.3 Å². The molecule has 2 N–H and O–H groups in total. The highest BCUT2D eigenvalue weighted by Crippen LogP contribution is 2.41. The van der Waals surface area contributed by atoms with Crippen molar-refractivity contribution in [2.45, 2.75) is 38.5 Å². The minimum atomic E-state index is -0.488. The van der Waals surface area contributed by atoms with Gasteiger partial charge < -0.3 is 19.8 Å². The lowest BCUT2D eigenvalue weighted by atomic mass is 9.78. The maximum absolute atomic E-state index is 14.3. The van der Waals surface area contributed by atoms with E-state index in [-0.39, 0.29) is 17.5 Å². The van der Waals surface area contributed by atoms with Gasteiger partial charge in [-0.2, -0.15) is 0 Å². The third-order valence-corrected chi connectivity index (χ3v) is 7.49. The molecule has 0 aliphatic heterocycles. The summed E-state index contributed by atoms with van der Waals surface area (Å²) in [5.74, 6) is 0.312. The lowest BCUT2D eigenvalue weighted by Crippen LogP contribution is -2.31. The average Bonchev–Trinajstić information content (AvgIpc) is 3.32. The second kappa shape index (κ2) is 10.8. The van der Waals surface area contributed by atoms with Crippen LogP contribution in [-0.2, 0) is 0 Å². The van der Waals surface area contributed by atoms with Gasteiger partial charge in [0.05, 0.1) is 31.0 Å². The second-order valence-corrected chi connectivity index (χ2v) is 9.92. The van der Waals surface area contributed by atoms with Crippen molar-refractivity contribution in [3.05, 3.63) is 77.1 Å². The van der Waals surface area contributed by atoms with E-state index >= 15 is 0 Å². The van der Waals surface area contributed by atoms with Crippen LogP contribution in [0.5, 0.6) is 11.5 Å². The van der Waals surface area contributed by atoms with Crippen LogP contribution in [-0.4, -0.2) is 36.6 Å². The molecule has 1 aliphatic carbocycles. The summed E-state index contributed by atoms with van der Waals surface area (Å²) >= 11 is 0. The van der Waals surface area contributed by atoms with Gasteiger partial charge in [-0.25, -0.2) is 8.78 Å². The Kier molecular flexibility index (Phi) is 7.31. The molecule has 0 spiro atoms. The Morgan fingerprint density at radius 3 is 2.55 bits per heavy atom. The van der Waals surface area contributed by atoms with Gasteiger partial charge in [0.25, 0.3) is 5.91 Å². The number of methoxy groups -OCH3 is 2. The van der Waals surface area contributed by atoms with E-state index in [1.807, 2.05) is 13.0 Å². The number of H-pyrrole nitrogens is 1. The number of aromatic nitrogens is 2. The number of hydrogen-bond acceptors (Lipinski definition) is 4. The van der Waals surface area contributed by atoms with E-state index in [1.165, 1.54) is 32.4 Å². The van der Waals surface area contributed by atoms with Gasteiger partial charge in [0.2, 0.25) is 0 Å². The monoisotopic (exact) mass is 519 g/mol. The van der Waals surface area contributed by atoms with Crippen LogP contribution < -0.4 is 14.8 Å². The highest BCUT2D eigenvalue weighted by atomic mass is 19.1. The molecule has 6 nitrogen and oxygen atoms in total. The predicted octanol–water partition coefficient (Wildman–Crippen LogP) is 6.54. The SMILES string of the molecule is COc1cc(F)cc(-c2[nH]c(C)cc2C(=O)NCC2CCC(c3ccnc4ccc(F)cc34)CC2)c1OC. The number of nitrogens with zero attached hydrogens (tertiary/aromatic N) is 1. The number of amides is 1. The molecular weight excluding hydrogens is 488 g/mol. The van der Waals surface area contributed by atoms with Crippen LogP contribution in [0.15, 0.2) is 48.7 Å². The van der Waals surface area contributed by atoms with E-state index < -0.39 is 5.82 Å². The normalized spacial score (nSPS) is 17.4. The first-order valence-electron chi connectivity index (χ1n) is 12.8. The van der Waals surface area contributed by atoms with Gasteiger partial charge in [0.1, 0.15) is 11.6 Å². The Morgan fingerprint density at radius 2 is 1.82 bits per heavy atom. The Labute approximate surface area is 220 Å². The van der Waals surface area contributed by atoms with E-state index in [0.717, 1.165) is 47.8 Å². The molecule has 4 aromatic rings. The summed E-state index contributed by atoms with van der Waals surface area (Å²) in [6.07, 6.45) is 5.63. The number of benzene rings is 2. The first kappa shape index (κ1) is 25.7. The first-order valence-corrected chi connectivity index (χ1v) is 12.8. The summed E-state index contributed by atoms with van der Waals surface area (Å²) < 4.78 is 39.0. The van der Waals surface area contributed by atoms with Crippen LogP contribution in [0.25, 0.3) is 22.2 Å². The first-order chi connectivity index (χ1) is 18.4. The molecule has 0 unspecified atom stereocenters. The highest BCUT2D eigenvalue weighted by molar-refractivity contribution is 6.01. The predicted molar refractivity (Wildman–Crippen MR) is 143 cm³/mol. The molecule has 5 rings (SSSR count). The maximum atomic E-state index is 14.3. The molecule has 1 saturated carbocycles. The van der Waals surface area contributed by atoms with Crippen LogP contribution >= 0.6 is 0 Å². The van der Waals surface area contributed by atoms with E-state index in [9.17, 15) is 13.6 Å². The molecule has 2 aromatic heterocycles. The van der Waals surface area contributed by atoms with Crippen molar-refractivity contribution in [2.75, 3.05) is 20.8 Å². The molecule has 198 valence electrons. The Balaban J connectivity index is 1.27. The average molecular weight is 520 g/mol. The molecule has 2 aromatic carbocycles. The molecule has 0 atom stereocenters. The molecule has 8 heteroatoms. The van der Waals surface area contributed by atoms with Gasteiger partial charge in [0, 0.05) is 35.5 Å². The van der Waals surface area contributed by atoms with Gasteiger partial charge in [-0.15, -0.1) is 0 Å². The summed E-state index contributed by atoms with van der Waals surface area (Å²) in [6.45, 7) is 2.39. The van der Waals surface area contributed by atoms with Crippen LogP contribution in [0.4, 0.5) is 8.78 Å². The molecule has 0 saturated heterocycles. The topological polar surface area (TPSA) is 76.2 Å².